The first kappa shape index (κ1) is 21.1. The molecular formula is C22H34O2Si2. The van der Waals surface area contributed by atoms with Crippen molar-refractivity contribution in [3.05, 3.63) is 60.7 Å². The van der Waals surface area contributed by atoms with Crippen molar-refractivity contribution in [2.24, 2.45) is 0 Å². The van der Waals surface area contributed by atoms with Crippen LogP contribution >= 0.6 is 0 Å². The van der Waals surface area contributed by atoms with Crippen molar-refractivity contribution >= 4 is 27.3 Å². The molecule has 26 heavy (non-hydrogen) atoms. The van der Waals surface area contributed by atoms with Crippen molar-refractivity contribution in [2.45, 2.75) is 65.3 Å². The van der Waals surface area contributed by atoms with Gasteiger partial charge in [0.1, 0.15) is 0 Å². The van der Waals surface area contributed by atoms with Gasteiger partial charge in [-0.1, -0.05) is 88.4 Å². The van der Waals surface area contributed by atoms with Gasteiger partial charge in [-0.2, -0.15) is 0 Å². The maximum atomic E-state index is 7.27. The van der Waals surface area contributed by atoms with E-state index in [1.807, 2.05) is 0 Å². The van der Waals surface area contributed by atoms with E-state index in [1.54, 1.807) is 0 Å². The summed E-state index contributed by atoms with van der Waals surface area (Å²) in [5, 5.41) is 2.44. The molecule has 0 saturated carbocycles. The molecule has 1 atom stereocenters. The Morgan fingerprint density at radius 3 is 1.50 bits per heavy atom. The molecule has 0 radical (unpaired) electrons. The minimum atomic E-state index is -2.77. The molecule has 0 aliphatic rings. The van der Waals surface area contributed by atoms with Crippen LogP contribution in [0.4, 0.5) is 0 Å². The lowest BCUT2D eigenvalue weighted by atomic mass is 10.3. The number of rotatable bonds is 10. The quantitative estimate of drug-likeness (QED) is 0.530. The van der Waals surface area contributed by atoms with Gasteiger partial charge in [0.2, 0.25) is 0 Å². The average molecular weight is 387 g/mol. The largest absolute Gasteiger partial charge is 0.429 e. The zero-order valence-electron chi connectivity index (χ0n) is 17.0. The first-order chi connectivity index (χ1) is 12.6. The highest BCUT2D eigenvalue weighted by Gasteiger charge is 2.49. The number of hydrogen-bond donors (Lipinski definition) is 0. The Morgan fingerprint density at radius 1 is 0.731 bits per heavy atom. The van der Waals surface area contributed by atoms with E-state index < -0.39 is 16.9 Å². The first-order valence-corrected chi connectivity index (χ1v) is 14.4. The lowest BCUT2D eigenvalue weighted by Crippen LogP contribution is -2.68. The molecule has 0 spiro atoms. The topological polar surface area (TPSA) is 18.5 Å². The molecule has 0 fully saturated rings. The van der Waals surface area contributed by atoms with E-state index in [0.29, 0.717) is 0 Å². The zero-order chi connectivity index (χ0) is 19.0. The second-order valence-corrected chi connectivity index (χ2v) is 15.0. The fourth-order valence-corrected chi connectivity index (χ4v) is 12.8. The third kappa shape index (κ3) is 4.55. The first-order valence-electron chi connectivity index (χ1n) is 10.0. The highest BCUT2D eigenvalue weighted by atomic mass is 28.4. The molecule has 0 saturated heterocycles. The Hall–Kier alpha value is -1.21. The van der Waals surface area contributed by atoms with Crippen molar-refractivity contribution in [1.29, 1.82) is 0 Å². The van der Waals surface area contributed by atoms with Crippen LogP contribution < -0.4 is 10.4 Å². The van der Waals surface area contributed by atoms with E-state index in [4.69, 9.17) is 8.54 Å². The second kappa shape index (κ2) is 9.65. The van der Waals surface area contributed by atoms with Gasteiger partial charge in [0.15, 0.2) is 8.32 Å². The van der Waals surface area contributed by atoms with Crippen LogP contribution in [0, 0.1) is 0 Å². The maximum absolute atomic E-state index is 7.27. The molecule has 0 aliphatic carbocycles. The van der Waals surface area contributed by atoms with Crippen LogP contribution in [0.25, 0.3) is 0 Å². The molecular weight excluding hydrogens is 352 g/mol. The van der Waals surface area contributed by atoms with Crippen LogP contribution in [0.15, 0.2) is 60.7 Å². The molecule has 4 heteroatoms. The Bertz CT molecular complexity index is 594. The van der Waals surface area contributed by atoms with Crippen LogP contribution in [0.1, 0.15) is 41.0 Å². The van der Waals surface area contributed by atoms with Gasteiger partial charge in [-0.3, -0.25) is 0 Å². The summed E-state index contributed by atoms with van der Waals surface area (Å²) >= 11 is 0. The minimum absolute atomic E-state index is 0.166. The molecule has 0 amide bonds. The van der Waals surface area contributed by atoms with Gasteiger partial charge >= 0.3 is 8.56 Å². The van der Waals surface area contributed by atoms with E-state index in [2.05, 4.69) is 95.3 Å². The molecule has 0 aromatic heterocycles. The van der Waals surface area contributed by atoms with E-state index in [1.165, 1.54) is 10.4 Å². The van der Waals surface area contributed by atoms with Crippen molar-refractivity contribution in [2.75, 3.05) is 0 Å². The second-order valence-electron chi connectivity index (χ2n) is 7.03. The highest BCUT2D eigenvalue weighted by Crippen LogP contribution is 2.28. The van der Waals surface area contributed by atoms with Gasteiger partial charge < -0.3 is 8.54 Å². The highest BCUT2D eigenvalue weighted by molar-refractivity contribution is 6.98. The van der Waals surface area contributed by atoms with E-state index >= 15 is 0 Å². The Balaban J connectivity index is 2.67. The van der Waals surface area contributed by atoms with Gasteiger partial charge in [-0.05, 0) is 41.9 Å². The summed E-state index contributed by atoms with van der Waals surface area (Å²) in [4.78, 5) is 0. The standard InChI is InChI=1S/C22H34O2Si2/c1-6-20(5)23-26(21-16-12-10-13-17-21,22-18-14-11-15-19-22)24-25(7-2,8-3)9-4/h10-20H,6-9H2,1-5H3. The van der Waals surface area contributed by atoms with Crippen molar-refractivity contribution in [3.8, 4) is 0 Å². The van der Waals surface area contributed by atoms with Crippen LogP contribution in [-0.4, -0.2) is 23.0 Å². The minimum Gasteiger partial charge on any atom is -0.429 e. The monoisotopic (exact) mass is 386 g/mol. The van der Waals surface area contributed by atoms with E-state index in [0.717, 1.165) is 24.6 Å². The predicted molar refractivity (Wildman–Crippen MR) is 117 cm³/mol. The van der Waals surface area contributed by atoms with Gasteiger partial charge in [0.25, 0.3) is 0 Å². The lowest BCUT2D eigenvalue weighted by Gasteiger charge is -2.42. The van der Waals surface area contributed by atoms with Crippen molar-refractivity contribution < 1.29 is 8.54 Å². The molecule has 0 bridgehead atoms. The molecule has 2 rings (SSSR count). The molecule has 0 aliphatic heterocycles. The zero-order valence-corrected chi connectivity index (χ0v) is 19.0. The summed E-state index contributed by atoms with van der Waals surface area (Å²) in [6.45, 7) is 11.2. The van der Waals surface area contributed by atoms with E-state index in [-0.39, 0.29) is 6.10 Å². The molecule has 1 unspecified atom stereocenters. The number of benzene rings is 2. The Kier molecular flexibility index (Phi) is 7.83. The third-order valence-corrected chi connectivity index (χ3v) is 15.2. The summed E-state index contributed by atoms with van der Waals surface area (Å²) in [6, 6.07) is 24.7. The lowest BCUT2D eigenvalue weighted by molar-refractivity contribution is 0.176. The average Bonchev–Trinajstić information content (AvgIpc) is 2.72. The normalized spacial score (nSPS) is 13.6. The summed E-state index contributed by atoms with van der Waals surface area (Å²) in [5.74, 6) is 0. The van der Waals surface area contributed by atoms with Crippen molar-refractivity contribution in [1.82, 2.24) is 0 Å². The maximum Gasteiger partial charge on any atom is 0.397 e. The molecule has 2 aromatic rings. The molecule has 0 heterocycles. The number of hydrogen-bond acceptors (Lipinski definition) is 2. The van der Waals surface area contributed by atoms with E-state index in [9.17, 15) is 0 Å². The van der Waals surface area contributed by atoms with Gasteiger partial charge in [0.05, 0.1) is 0 Å². The fourth-order valence-electron chi connectivity index (χ4n) is 3.40. The molecule has 2 nitrogen and oxygen atoms in total. The van der Waals surface area contributed by atoms with Crippen LogP contribution in [0.3, 0.4) is 0 Å². The fraction of sp³-hybridized carbons (Fsp3) is 0.455. The Labute approximate surface area is 161 Å². The van der Waals surface area contributed by atoms with Crippen LogP contribution in [-0.2, 0) is 8.54 Å². The summed E-state index contributed by atoms with van der Waals surface area (Å²) in [7, 11) is -4.63. The van der Waals surface area contributed by atoms with Gasteiger partial charge in [-0.25, -0.2) is 0 Å². The predicted octanol–water partition coefficient (Wildman–Crippen LogP) is 5.08. The SMILES string of the molecule is CCC(C)O[Si](O[Si](CC)(CC)CC)(c1ccccc1)c1ccccc1. The van der Waals surface area contributed by atoms with Crippen molar-refractivity contribution in [3.63, 3.8) is 0 Å². The molecule has 2 aromatic carbocycles. The smallest absolute Gasteiger partial charge is 0.397 e. The molecule has 0 N–H and O–H groups in total. The Morgan fingerprint density at radius 2 is 1.15 bits per heavy atom. The summed E-state index contributed by atoms with van der Waals surface area (Å²) in [5.41, 5.74) is 0. The third-order valence-electron chi connectivity index (χ3n) is 5.54. The summed E-state index contributed by atoms with van der Waals surface area (Å²) in [6.07, 6.45) is 1.15. The van der Waals surface area contributed by atoms with Crippen LogP contribution in [0.5, 0.6) is 0 Å². The molecule has 142 valence electrons. The summed E-state index contributed by atoms with van der Waals surface area (Å²) < 4.78 is 14.1. The van der Waals surface area contributed by atoms with Crippen LogP contribution in [0.2, 0.25) is 18.1 Å². The van der Waals surface area contributed by atoms with Gasteiger partial charge in [0, 0.05) is 6.10 Å². The van der Waals surface area contributed by atoms with Gasteiger partial charge in [-0.15, -0.1) is 0 Å².